The molecule has 0 aliphatic carbocycles. The van der Waals surface area contributed by atoms with Crippen molar-refractivity contribution in [2.75, 3.05) is 13.6 Å². The summed E-state index contributed by atoms with van der Waals surface area (Å²) < 4.78 is 5.44. The van der Waals surface area contributed by atoms with Crippen LogP contribution in [0.5, 0.6) is 0 Å². The maximum absolute atomic E-state index is 12.6. The number of nitrogens with one attached hydrogen (secondary N) is 1. The Labute approximate surface area is 107 Å². The van der Waals surface area contributed by atoms with Gasteiger partial charge in [0.15, 0.2) is 5.78 Å². The van der Waals surface area contributed by atoms with Crippen molar-refractivity contribution in [2.45, 2.75) is 13.8 Å². The highest BCUT2D eigenvalue weighted by Crippen LogP contribution is 2.25. The second-order valence-electron chi connectivity index (χ2n) is 4.92. The molecular formula is C15H19NO2. The van der Waals surface area contributed by atoms with Crippen LogP contribution in [0.3, 0.4) is 0 Å². The second kappa shape index (κ2) is 5.36. The van der Waals surface area contributed by atoms with Gasteiger partial charge in [-0.2, -0.15) is 0 Å². The molecule has 1 N–H and O–H groups in total. The van der Waals surface area contributed by atoms with Gasteiger partial charge in [0.25, 0.3) is 0 Å². The highest BCUT2D eigenvalue weighted by atomic mass is 16.3. The maximum Gasteiger partial charge on any atom is 0.171 e. The zero-order chi connectivity index (χ0) is 13.1. The molecule has 0 saturated carbocycles. The standard InChI is InChI=1S/C15H19NO2/c1-10(2)12(8-16-3)15(17)13-9-18-14-7-5-4-6-11(13)14/h4-7,9-10,12,16H,8H2,1-3H3. The fourth-order valence-electron chi connectivity index (χ4n) is 2.22. The van der Waals surface area contributed by atoms with E-state index >= 15 is 0 Å². The topological polar surface area (TPSA) is 42.2 Å². The molecule has 0 fully saturated rings. The van der Waals surface area contributed by atoms with Gasteiger partial charge in [-0.3, -0.25) is 4.79 Å². The maximum atomic E-state index is 12.6. The van der Waals surface area contributed by atoms with Gasteiger partial charge < -0.3 is 9.73 Å². The number of furan rings is 1. The van der Waals surface area contributed by atoms with Crippen molar-refractivity contribution in [3.8, 4) is 0 Å². The summed E-state index contributed by atoms with van der Waals surface area (Å²) in [6.45, 7) is 4.83. The van der Waals surface area contributed by atoms with E-state index in [0.717, 1.165) is 11.0 Å². The van der Waals surface area contributed by atoms with Crippen LogP contribution in [-0.2, 0) is 0 Å². The molecule has 1 atom stereocenters. The average Bonchev–Trinajstić information content (AvgIpc) is 2.78. The Bertz CT molecular complexity index is 542. The van der Waals surface area contributed by atoms with Crippen LogP contribution in [0.4, 0.5) is 0 Å². The van der Waals surface area contributed by atoms with Crippen LogP contribution in [-0.4, -0.2) is 19.4 Å². The quantitative estimate of drug-likeness (QED) is 0.823. The third kappa shape index (κ3) is 2.31. The lowest BCUT2D eigenvalue weighted by Gasteiger charge is -2.18. The highest BCUT2D eigenvalue weighted by molar-refractivity contribution is 6.08. The van der Waals surface area contributed by atoms with E-state index < -0.39 is 0 Å². The van der Waals surface area contributed by atoms with E-state index in [1.807, 2.05) is 31.3 Å². The Morgan fingerprint density at radius 2 is 2.06 bits per heavy atom. The van der Waals surface area contributed by atoms with Crippen molar-refractivity contribution in [1.29, 1.82) is 0 Å². The molecule has 18 heavy (non-hydrogen) atoms. The number of ketones is 1. The van der Waals surface area contributed by atoms with Crippen molar-refractivity contribution in [3.05, 3.63) is 36.1 Å². The minimum absolute atomic E-state index is 0.0176. The lowest BCUT2D eigenvalue weighted by molar-refractivity contribution is 0.0887. The molecule has 3 nitrogen and oxygen atoms in total. The van der Waals surface area contributed by atoms with Gasteiger partial charge >= 0.3 is 0 Å². The summed E-state index contributed by atoms with van der Waals surface area (Å²) in [5.41, 5.74) is 1.47. The Balaban J connectivity index is 2.38. The predicted molar refractivity (Wildman–Crippen MR) is 72.8 cm³/mol. The molecule has 0 aliphatic heterocycles. The van der Waals surface area contributed by atoms with Crippen LogP contribution in [0.25, 0.3) is 11.0 Å². The third-order valence-corrected chi connectivity index (χ3v) is 3.31. The molecule has 2 aromatic rings. The summed E-state index contributed by atoms with van der Waals surface area (Å²) in [5, 5.41) is 4.00. The molecule has 0 bridgehead atoms. The number of hydrogen-bond donors (Lipinski definition) is 1. The molecule has 96 valence electrons. The lowest BCUT2D eigenvalue weighted by Crippen LogP contribution is -2.30. The highest BCUT2D eigenvalue weighted by Gasteiger charge is 2.25. The van der Waals surface area contributed by atoms with Crippen LogP contribution >= 0.6 is 0 Å². The lowest BCUT2D eigenvalue weighted by atomic mass is 9.88. The van der Waals surface area contributed by atoms with Gasteiger partial charge in [0.1, 0.15) is 11.8 Å². The Morgan fingerprint density at radius 3 is 2.72 bits per heavy atom. The zero-order valence-electron chi connectivity index (χ0n) is 11.1. The minimum Gasteiger partial charge on any atom is -0.464 e. The van der Waals surface area contributed by atoms with E-state index in [2.05, 4.69) is 19.2 Å². The normalized spacial score (nSPS) is 13.1. The number of para-hydroxylation sites is 1. The van der Waals surface area contributed by atoms with Crippen molar-refractivity contribution in [1.82, 2.24) is 5.32 Å². The van der Waals surface area contributed by atoms with Gasteiger partial charge in [-0.25, -0.2) is 0 Å². The monoisotopic (exact) mass is 245 g/mol. The van der Waals surface area contributed by atoms with E-state index in [9.17, 15) is 4.79 Å². The van der Waals surface area contributed by atoms with Gasteiger partial charge in [0, 0.05) is 17.8 Å². The van der Waals surface area contributed by atoms with Gasteiger partial charge in [0.05, 0.1) is 5.56 Å². The van der Waals surface area contributed by atoms with Crippen molar-refractivity contribution in [3.63, 3.8) is 0 Å². The van der Waals surface area contributed by atoms with Crippen LogP contribution < -0.4 is 5.32 Å². The van der Waals surface area contributed by atoms with E-state index in [4.69, 9.17) is 4.42 Å². The largest absolute Gasteiger partial charge is 0.464 e. The fourth-order valence-corrected chi connectivity index (χ4v) is 2.22. The van der Waals surface area contributed by atoms with Gasteiger partial charge in [0.2, 0.25) is 0 Å². The number of carbonyl (C=O) groups is 1. The Morgan fingerprint density at radius 1 is 1.33 bits per heavy atom. The zero-order valence-corrected chi connectivity index (χ0v) is 11.1. The first kappa shape index (κ1) is 12.8. The van der Waals surface area contributed by atoms with Crippen LogP contribution in [0.1, 0.15) is 24.2 Å². The number of Topliss-reactive ketones (excluding diaryl/α,β-unsaturated/α-hetero) is 1. The van der Waals surface area contributed by atoms with Gasteiger partial charge in [-0.05, 0) is 19.0 Å². The van der Waals surface area contributed by atoms with Crippen molar-refractivity contribution >= 4 is 16.8 Å². The summed E-state index contributed by atoms with van der Waals surface area (Å²) in [4.78, 5) is 12.6. The van der Waals surface area contributed by atoms with Crippen LogP contribution in [0.15, 0.2) is 34.9 Å². The second-order valence-corrected chi connectivity index (χ2v) is 4.92. The molecule has 1 unspecified atom stereocenters. The molecule has 1 aromatic carbocycles. The van der Waals surface area contributed by atoms with Crippen LogP contribution in [0.2, 0.25) is 0 Å². The van der Waals surface area contributed by atoms with Crippen molar-refractivity contribution < 1.29 is 9.21 Å². The number of fused-ring (bicyclic) bond motifs is 1. The average molecular weight is 245 g/mol. The summed E-state index contributed by atoms with van der Waals surface area (Å²) in [6.07, 6.45) is 1.58. The predicted octanol–water partition coefficient (Wildman–Crippen LogP) is 3.11. The van der Waals surface area contributed by atoms with Crippen molar-refractivity contribution in [2.24, 2.45) is 11.8 Å². The van der Waals surface area contributed by atoms with E-state index in [1.54, 1.807) is 6.26 Å². The first-order chi connectivity index (χ1) is 8.65. The summed E-state index contributed by atoms with van der Waals surface area (Å²) in [7, 11) is 1.87. The minimum atomic E-state index is -0.0176. The fraction of sp³-hybridized carbons (Fsp3) is 0.400. The van der Waals surface area contributed by atoms with E-state index in [-0.39, 0.29) is 11.7 Å². The van der Waals surface area contributed by atoms with E-state index in [1.165, 1.54) is 0 Å². The van der Waals surface area contributed by atoms with E-state index in [0.29, 0.717) is 18.0 Å². The Hall–Kier alpha value is -1.61. The number of benzene rings is 1. The molecule has 1 aromatic heterocycles. The molecule has 0 spiro atoms. The molecule has 3 heteroatoms. The molecule has 0 saturated heterocycles. The first-order valence-electron chi connectivity index (χ1n) is 6.30. The molecule has 2 rings (SSSR count). The number of hydrogen-bond acceptors (Lipinski definition) is 3. The van der Waals surface area contributed by atoms with Gasteiger partial charge in [-0.1, -0.05) is 32.0 Å². The SMILES string of the molecule is CNCC(C(=O)c1coc2ccccc12)C(C)C. The van der Waals surface area contributed by atoms with Crippen LogP contribution in [0, 0.1) is 11.8 Å². The molecule has 1 heterocycles. The summed E-state index contributed by atoms with van der Waals surface area (Å²) in [6, 6.07) is 7.65. The third-order valence-electron chi connectivity index (χ3n) is 3.31. The smallest absolute Gasteiger partial charge is 0.171 e. The first-order valence-corrected chi connectivity index (χ1v) is 6.30. The number of carbonyl (C=O) groups excluding carboxylic acids is 1. The summed E-state index contributed by atoms with van der Waals surface area (Å²) in [5.74, 6) is 0.443. The Kier molecular flexibility index (Phi) is 3.82. The number of rotatable bonds is 5. The summed E-state index contributed by atoms with van der Waals surface area (Å²) >= 11 is 0. The molecule has 0 amide bonds. The van der Waals surface area contributed by atoms with Gasteiger partial charge in [-0.15, -0.1) is 0 Å². The molecule has 0 radical (unpaired) electrons. The molecular weight excluding hydrogens is 226 g/mol. The molecule has 0 aliphatic rings.